The van der Waals surface area contributed by atoms with Crippen LogP contribution in [0.2, 0.25) is 0 Å². The van der Waals surface area contributed by atoms with Crippen molar-refractivity contribution in [2.45, 2.75) is 26.2 Å². The van der Waals surface area contributed by atoms with Gasteiger partial charge in [-0.05, 0) is 35.3 Å². The number of hydrogen-bond donors (Lipinski definition) is 0. The summed E-state index contributed by atoms with van der Waals surface area (Å²) >= 11 is 0. The van der Waals surface area contributed by atoms with Gasteiger partial charge >= 0.3 is 5.97 Å². The number of ether oxygens (including phenoxy) is 1. The molecule has 4 heteroatoms. The van der Waals surface area contributed by atoms with Crippen LogP contribution in [0.25, 0.3) is 6.08 Å². The van der Waals surface area contributed by atoms with Gasteiger partial charge in [0.25, 0.3) is 0 Å². The molecule has 0 bridgehead atoms. The molecule has 3 rings (SSSR count). The Hall–Kier alpha value is -2.75. The number of aliphatic imine (C=N–C) groups is 1. The number of esters is 1. The maximum atomic E-state index is 13.7. The summed E-state index contributed by atoms with van der Waals surface area (Å²) in [6, 6.07) is 13.9. The Labute approximate surface area is 140 Å². The molecule has 0 N–H and O–H groups in total. The van der Waals surface area contributed by atoms with Gasteiger partial charge in [-0.15, -0.1) is 0 Å². The van der Waals surface area contributed by atoms with Gasteiger partial charge in [0.15, 0.2) is 5.70 Å². The summed E-state index contributed by atoms with van der Waals surface area (Å²) < 4.78 is 18.9. The number of carbonyl (C=O) groups is 1. The molecule has 3 nitrogen and oxygen atoms in total. The van der Waals surface area contributed by atoms with Crippen molar-refractivity contribution >= 4 is 17.9 Å². The maximum absolute atomic E-state index is 13.7. The molecule has 0 saturated carbocycles. The molecule has 1 aliphatic heterocycles. The number of benzene rings is 2. The van der Waals surface area contributed by atoms with E-state index in [1.165, 1.54) is 17.7 Å². The molecule has 1 heterocycles. The molecule has 0 saturated heterocycles. The van der Waals surface area contributed by atoms with Crippen LogP contribution in [-0.4, -0.2) is 11.9 Å². The molecule has 0 aromatic heterocycles. The van der Waals surface area contributed by atoms with E-state index in [0.717, 1.165) is 0 Å². The van der Waals surface area contributed by atoms with Gasteiger partial charge in [0.2, 0.25) is 5.90 Å². The van der Waals surface area contributed by atoms with Gasteiger partial charge in [0, 0.05) is 11.1 Å². The van der Waals surface area contributed by atoms with E-state index in [-0.39, 0.29) is 17.0 Å². The molecule has 0 radical (unpaired) electrons. The quantitative estimate of drug-likeness (QED) is 0.604. The number of nitrogens with zero attached hydrogens (tertiary/aromatic N) is 1. The summed E-state index contributed by atoms with van der Waals surface area (Å²) in [4.78, 5) is 16.2. The highest BCUT2D eigenvalue weighted by Crippen LogP contribution is 2.24. The van der Waals surface area contributed by atoms with Crippen LogP contribution in [0.1, 0.15) is 37.5 Å². The summed E-state index contributed by atoms with van der Waals surface area (Å²) in [5.74, 6) is -0.743. The lowest BCUT2D eigenvalue weighted by Crippen LogP contribution is -2.11. The zero-order chi connectivity index (χ0) is 17.3. The molecule has 2 aromatic carbocycles. The van der Waals surface area contributed by atoms with Gasteiger partial charge in [-0.1, -0.05) is 51.1 Å². The van der Waals surface area contributed by atoms with Crippen LogP contribution < -0.4 is 0 Å². The Morgan fingerprint density at radius 1 is 1.04 bits per heavy atom. The Bertz CT molecular complexity index is 843. The standard InChI is InChI=1S/C20H18FNO2/c1-20(2,3)15-10-8-13(9-11-15)18-22-17(19(23)24-18)12-14-6-4-5-7-16(14)21/h4-12H,1-3H3/b17-12-. The highest BCUT2D eigenvalue weighted by molar-refractivity contribution is 6.12. The van der Waals surface area contributed by atoms with E-state index >= 15 is 0 Å². The first kappa shape index (κ1) is 16.1. The first-order chi connectivity index (χ1) is 11.3. The summed E-state index contributed by atoms with van der Waals surface area (Å²) in [7, 11) is 0. The van der Waals surface area contributed by atoms with Crippen molar-refractivity contribution in [3.05, 3.63) is 76.7 Å². The zero-order valence-electron chi connectivity index (χ0n) is 13.8. The van der Waals surface area contributed by atoms with E-state index in [1.54, 1.807) is 18.2 Å². The van der Waals surface area contributed by atoms with Crippen LogP contribution in [0, 0.1) is 5.82 Å². The molecular formula is C20H18FNO2. The van der Waals surface area contributed by atoms with Gasteiger partial charge in [-0.2, -0.15) is 0 Å². The molecular weight excluding hydrogens is 305 g/mol. The normalized spacial score (nSPS) is 16.2. The minimum Gasteiger partial charge on any atom is -0.402 e. The maximum Gasteiger partial charge on any atom is 0.363 e. The molecule has 0 amide bonds. The Morgan fingerprint density at radius 3 is 2.33 bits per heavy atom. The average molecular weight is 323 g/mol. The fraction of sp³-hybridized carbons (Fsp3) is 0.200. The third kappa shape index (κ3) is 3.27. The fourth-order valence-electron chi connectivity index (χ4n) is 2.38. The lowest BCUT2D eigenvalue weighted by molar-refractivity contribution is -0.129. The first-order valence-corrected chi connectivity index (χ1v) is 7.72. The molecule has 0 atom stereocenters. The molecule has 0 unspecified atom stereocenters. The number of rotatable bonds is 2. The van der Waals surface area contributed by atoms with E-state index in [0.29, 0.717) is 11.1 Å². The average Bonchev–Trinajstić information content (AvgIpc) is 2.90. The number of cyclic esters (lactones) is 1. The van der Waals surface area contributed by atoms with Gasteiger partial charge in [0.05, 0.1) is 0 Å². The highest BCUT2D eigenvalue weighted by atomic mass is 19.1. The Balaban J connectivity index is 1.91. The predicted octanol–water partition coefficient (Wildman–Crippen LogP) is 4.47. The van der Waals surface area contributed by atoms with Crippen LogP contribution in [-0.2, 0) is 14.9 Å². The number of halogens is 1. The van der Waals surface area contributed by atoms with E-state index < -0.39 is 11.8 Å². The van der Waals surface area contributed by atoms with Crippen LogP contribution in [0.5, 0.6) is 0 Å². The topological polar surface area (TPSA) is 38.7 Å². The molecule has 122 valence electrons. The summed E-state index contributed by atoms with van der Waals surface area (Å²) in [5, 5.41) is 0. The molecule has 1 aliphatic rings. The Morgan fingerprint density at radius 2 is 1.71 bits per heavy atom. The number of carbonyl (C=O) groups excluding carboxylic acids is 1. The van der Waals surface area contributed by atoms with Crippen molar-refractivity contribution in [2.75, 3.05) is 0 Å². The minimum atomic E-state index is -0.576. The summed E-state index contributed by atoms with van der Waals surface area (Å²) in [5.41, 5.74) is 2.34. The summed E-state index contributed by atoms with van der Waals surface area (Å²) in [6.07, 6.45) is 1.40. The predicted molar refractivity (Wildman–Crippen MR) is 92.1 cm³/mol. The van der Waals surface area contributed by atoms with Crippen LogP contribution >= 0.6 is 0 Å². The van der Waals surface area contributed by atoms with E-state index in [1.807, 2.05) is 24.3 Å². The largest absolute Gasteiger partial charge is 0.402 e. The monoisotopic (exact) mass is 323 g/mol. The lowest BCUT2D eigenvalue weighted by Gasteiger charge is -2.18. The molecule has 2 aromatic rings. The smallest absolute Gasteiger partial charge is 0.363 e. The molecule has 0 spiro atoms. The fourth-order valence-corrected chi connectivity index (χ4v) is 2.38. The van der Waals surface area contributed by atoms with E-state index in [2.05, 4.69) is 25.8 Å². The highest BCUT2D eigenvalue weighted by Gasteiger charge is 2.25. The molecule has 0 fully saturated rings. The minimum absolute atomic E-state index is 0.0442. The zero-order valence-corrected chi connectivity index (χ0v) is 13.8. The second-order valence-electron chi connectivity index (χ2n) is 6.68. The van der Waals surface area contributed by atoms with Gasteiger partial charge in [-0.3, -0.25) is 0 Å². The second-order valence-corrected chi connectivity index (χ2v) is 6.68. The SMILES string of the molecule is CC(C)(C)c1ccc(C2=N/C(=C\c3ccccc3F)C(=O)O2)cc1. The second kappa shape index (κ2) is 6.04. The van der Waals surface area contributed by atoms with Gasteiger partial charge < -0.3 is 4.74 Å². The molecule has 24 heavy (non-hydrogen) atoms. The van der Waals surface area contributed by atoms with Gasteiger partial charge in [0.1, 0.15) is 5.82 Å². The molecule has 0 aliphatic carbocycles. The van der Waals surface area contributed by atoms with Crippen molar-refractivity contribution in [1.82, 2.24) is 0 Å². The number of hydrogen-bond acceptors (Lipinski definition) is 3. The third-order valence-electron chi connectivity index (χ3n) is 3.82. The van der Waals surface area contributed by atoms with Crippen molar-refractivity contribution in [1.29, 1.82) is 0 Å². The van der Waals surface area contributed by atoms with Crippen LogP contribution in [0.4, 0.5) is 4.39 Å². The van der Waals surface area contributed by atoms with Gasteiger partial charge in [-0.25, -0.2) is 14.2 Å². The van der Waals surface area contributed by atoms with Crippen LogP contribution in [0.3, 0.4) is 0 Å². The Kier molecular flexibility index (Phi) is 4.06. The summed E-state index contributed by atoms with van der Waals surface area (Å²) in [6.45, 7) is 6.39. The van der Waals surface area contributed by atoms with E-state index in [4.69, 9.17) is 4.74 Å². The van der Waals surface area contributed by atoms with Crippen molar-refractivity contribution in [2.24, 2.45) is 4.99 Å². The lowest BCUT2D eigenvalue weighted by atomic mass is 9.87. The van der Waals surface area contributed by atoms with E-state index in [9.17, 15) is 9.18 Å². The van der Waals surface area contributed by atoms with Crippen molar-refractivity contribution in [3.8, 4) is 0 Å². The third-order valence-corrected chi connectivity index (χ3v) is 3.82. The van der Waals surface area contributed by atoms with Crippen molar-refractivity contribution < 1.29 is 13.9 Å². The first-order valence-electron chi connectivity index (χ1n) is 7.72. The van der Waals surface area contributed by atoms with Crippen LogP contribution in [0.15, 0.2) is 59.2 Å². The van der Waals surface area contributed by atoms with Crippen molar-refractivity contribution in [3.63, 3.8) is 0 Å².